The Bertz CT molecular complexity index is 394. The second-order valence-corrected chi connectivity index (χ2v) is 5.36. The van der Waals surface area contributed by atoms with E-state index in [9.17, 15) is 0 Å². The normalized spacial score (nSPS) is 20.8. The summed E-state index contributed by atoms with van der Waals surface area (Å²) in [6.45, 7) is 0. The van der Waals surface area contributed by atoms with Crippen LogP contribution in [0.1, 0.15) is 53.1 Å². The minimum absolute atomic E-state index is 0.566. The molecule has 0 atom stereocenters. The van der Waals surface area contributed by atoms with E-state index in [1.807, 2.05) is 0 Å². The molecule has 0 aromatic carbocycles. The van der Waals surface area contributed by atoms with Crippen LogP contribution in [0, 0.1) is 11.3 Å². The van der Waals surface area contributed by atoms with Crippen LogP contribution in [0.4, 0.5) is 0 Å². The van der Waals surface area contributed by atoms with E-state index in [2.05, 4.69) is 6.07 Å². The van der Waals surface area contributed by atoms with Gasteiger partial charge < -0.3 is 0 Å². The molecule has 0 aliphatic heterocycles. The number of aromatic nitrogens is 1. The quantitative estimate of drug-likeness (QED) is 0.759. The van der Waals surface area contributed by atoms with E-state index in [0.717, 1.165) is 5.92 Å². The molecule has 1 heterocycles. The smallest absolute Gasteiger partial charge is 0.0962 e. The van der Waals surface area contributed by atoms with E-state index in [-0.39, 0.29) is 0 Å². The molecule has 0 bridgehead atoms. The van der Waals surface area contributed by atoms with Gasteiger partial charge in [0.05, 0.1) is 23.2 Å². The highest BCUT2D eigenvalue weighted by Gasteiger charge is 2.33. The number of hydrogen-bond acceptors (Lipinski definition) is 3. The molecule has 1 aromatic rings. The molecule has 2 fully saturated rings. The van der Waals surface area contributed by atoms with Crippen molar-refractivity contribution in [3.05, 3.63) is 15.6 Å². The summed E-state index contributed by atoms with van der Waals surface area (Å²) in [5.41, 5.74) is 1.26. The number of nitriles is 1. The van der Waals surface area contributed by atoms with Crippen LogP contribution in [0.3, 0.4) is 0 Å². The molecule has 3 heteroatoms. The summed E-state index contributed by atoms with van der Waals surface area (Å²) < 4.78 is 0. The molecule has 72 valence electrons. The Labute approximate surface area is 87.6 Å². The maximum atomic E-state index is 8.74. The van der Waals surface area contributed by atoms with Crippen molar-refractivity contribution in [2.45, 2.75) is 43.9 Å². The van der Waals surface area contributed by atoms with E-state index in [1.165, 1.54) is 41.3 Å². The second kappa shape index (κ2) is 3.06. The highest BCUT2D eigenvalue weighted by molar-refractivity contribution is 7.11. The summed E-state index contributed by atoms with van der Waals surface area (Å²) in [6.07, 6.45) is 5.75. The van der Waals surface area contributed by atoms with Gasteiger partial charge in [0.2, 0.25) is 0 Å². The van der Waals surface area contributed by atoms with Gasteiger partial charge in [-0.1, -0.05) is 0 Å². The highest BCUT2D eigenvalue weighted by Crippen LogP contribution is 2.47. The van der Waals surface area contributed by atoms with Gasteiger partial charge in [0.15, 0.2) is 0 Å². The molecule has 0 spiro atoms. The molecule has 2 aliphatic rings. The minimum Gasteiger partial charge on any atom is -0.245 e. The fraction of sp³-hybridized carbons (Fsp3) is 0.636. The Kier molecular flexibility index (Phi) is 1.84. The van der Waals surface area contributed by atoms with Gasteiger partial charge in [-0.05, 0) is 25.7 Å². The molecule has 0 radical (unpaired) electrons. The lowest BCUT2D eigenvalue weighted by Crippen LogP contribution is -1.86. The van der Waals surface area contributed by atoms with Gasteiger partial charge in [-0.3, -0.25) is 0 Å². The Morgan fingerprint density at radius 1 is 1.29 bits per heavy atom. The third kappa shape index (κ3) is 1.44. The zero-order chi connectivity index (χ0) is 9.54. The van der Waals surface area contributed by atoms with Gasteiger partial charge in [0.25, 0.3) is 0 Å². The fourth-order valence-electron chi connectivity index (χ4n) is 1.76. The molecule has 3 rings (SSSR count). The van der Waals surface area contributed by atoms with Crippen LogP contribution in [-0.2, 0) is 6.42 Å². The molecule has 0 N–H and O–H groups in total. The first kappa shape index (κ1) is 8.43. The average Bonchev–Trinajstić information content (AvgIpc) is 3.07. The van der Waals surface area contributed by atoms with Crippen LogP contribution < -0.4 is 0 Å². The van der Waals surface area contributed by atoms with Crippen molar-refractivity contribution in [1.82, 2.24) is 4.98 Å². The molecule has 2 aliphatic carbocycles. The van der Waals surface area contributed by atoms with Crippen LogP contribution in [0.25, 0.3) is 0 Å². The van der Waals surface area contributed by atoms with Crippen LogP contribution in [0.15, 0.2) is 0 Å². The zero-order valence-electron chi connectivity index (χ0n) is 7.99. The minimum atomic E-state index is 0.566. The summed E-state index contributed by atoms with van der Waals surface area (Å²) in [7, 11) is 0. The van der Waals surface area contributed by atoms with Crippen molar-refractivity contribution in [1.29, 1.82) is 5.26 Å². The maximum Gasteiger partial charge on any atom is 0.0962 e. The van der Waals surface area contributed by atoms with Crippen LogP contribution >= 0.6 is 11.3 Å². The first-order valence-electron chi connectivity index (χ1n) is 5.25. The standard InChI is InChI=1S/C11H12N2S/c12-6-5-9-10(7-1-2-7)13-11(14-9)8-3-4-8/h7-8H,1-5H2. The summed E-state index contributed by atoms with van der Waals surface area (Å²) in [5.74, 6) is 1.44. The van der Waals surface area contributed by atoms with Crippen molar-refractivity contribution in [3.8, 4) is 6.07 Å². The largest absolute Gasteiger partial charge is 0.245 e. The molecule has 2 saturated carbocycles. The maximum absolute atomic E-state index is 8.74. The zero-order valence-corrected chi connectivity index (χ0v) is 8.81. The fourth-order valence-corrected chi connectivity index (χ4v) is 3.01. The summed E-state index contributed by atoms with van der Waals surface area (Å²) in [5, 5.41) is 10.0. The van der Waals surface area contributed by atoms with Crippen molar-refractivity contribution in [2.75, 3.05) is 0 Å². The highest BCUT2D eigenvalue weighted by atomic mass is 32.1. The number of hydrogen-bond donors (Lipinski definition) is 0. The van der Waals surface area contributed by atoms with Gasteiger partial charge >= 0.3 is 0 Å². The average molecular weight is 204 g/mol. The molecular formula is C11H12N2S. The van der Waals surface area contributed by atoms with Crippen molar-refractivity contribution in [3.63, 3.8) is 0 Å². The Hall–Kier alpha value is -0.880. The van der Waals surface area contributed by atoms with E-state index < -0.39 is 0 Å². The van der Waals surface area contributed by atoms with Crippen molar-refractivity contribution >= 4 is 11.3 Å². The summed E-state index contributed by atoms with van der Waals surface area (Å²) in [6, 6.07) is 2.25. The lowest BCUT2D eigenvalue weighted by atomic mass is 10.2. The van der Waals surface area contributed by atoms with Gasteiger partial charge in [-0.2, -0.15) is 5.26 Å². The topological polar surface area (TPSA) is 36.7 Å². The number of rotatable bonds is 3. The lowest BCUT2D eigenvalue weighted by Gasteiger charge is -1.92. The van der Waals surface area contributed by atoms with E-state index in [1.54, 1.807) is 11.3 Å². The number of nitrogens with zero attached hydrogens (tertiary/aromatic N) is 2. The van der Waals surface area contributed by atoms with Gasteiger partial charge in [0.1, 0.15) is 0 Å². The van der Waals surface area contributed by atoms with Crippen LogP contribution in [-0.4, -0.2) is 4.98 Å². The second-order valence-electron chi connectivity index (χ2n) is 4.24. The van der Waals surface area contributed by atoms with Gasteiger partial charge in [-0.15, -0.1) is 11.3 Å². The molecule has 2 nitrogen and oxygen atoms in total. The van der Waals surface area contributed by atoms with Crippen LogP contribution in [0.2, 0.25) is 0 Å². The SMILES string of the molecule is N#CCc1sc(C2CC2)nc1C1CC1. The predicted octanol–water partition coefficient (Wildman–Crippen LogP) is 2.96. The molecule has 1 aromatic heterocycles. The van der Waals surface area contributed by atoms with Gasteiger partial charge in [0, 0.05) is 16.7 Å². The van der Waals surface area contributed by atoms with Crippen molar-refractivity contribution in [2.24, 2.45) is 0 Å². The molecule has 0 saturated heterocycles. The Balaban J connectivity index is 1.93. The third-order valence-corrected chi connectivity index (χ3v) is 4.11. The van der Waals surface area contributed by atoms with E-state index >= 15 is 0 Å². The Morgan fingerprint density at radius 2 is 2.00 bits per heavy atom. The monoisotopic (exact) mass is 204 g/mol. The third-order valence-electron chi connectivity index (χ3n) is 2.87. The number of thiazole rings is 1. The molecule has 14 heavy (non-hydrogen) atoms. The summed E-state index contributed by atoms with van der Waals surface area (Å²) >= 11 is 1.79. The lowest BCUT2D eigenvalue weighted by molar-refractivity contribution is 0.970. The summed E-state index contributed by atoms with van der Waals surface area (Å²) in [4.78, 5) is 5.97. The van der Waals surface area contributed by atoms with Crippen LogP contribution in [0.5, 0.6) is 0 Å². The molecule has 0 amide bonds. The van der Waals surface area contributed by atoms with E-state index in [4.69, 9.17) is 10.2 Å². The molecule has 0 unspecified atom stereocenters. The van der Waals surface area contributed by atoms with Crippen molar-refractivity contribution < 1.29 is 0 Å². The Morgan fingerprint density at radius 3 is 2.57 bits per heavy atom. The molecular weight excluding hydrogens is 192 g/mol. The van der Waals surface area contributed by atoms with E-state index in [0.29, 0.717) is 12.3 Å². The van der Waals surface area contributed by atoms with Gasteiger partial charge in [-0.25, -0.2) is 4.98 Å². The predicted molar refractivity (Wildman–Crippen MR) is 55.4 cm³/mol. The first-order valence-corrected chi connectivity index (χ1v) is 6.06. The first-order chi connectivity index (χ1) is 6.88.